The molecule has 3 nitrogen and oxygen atoms in total. The fraction of sp³-hybridized carbons (Fsp3) is 0.562. The van der Waals surface area contributed by atoms with E-state index < -0.39 is 0 Å². The van der Waals surface area contributed by atoms with Crippen molar-refractivity contribution in [1.82, 2.24) is 5.32 Å². The van der Waals surface area contributed by atoms with E-state index in [0.717, 1.165) is 37.9 Å². The second kappa shape index (κ2) is 8.32. The largest absolute Gasteiger partial charge is 0.391 e. The van der Waals surface area contributed by atoms with Gasteiger partial charge in [0.15, 0.2) is 0 Å². The molecule has 0 spiro atoms. The molecule has 1 saturated carbocycles. The number of benzene rings is 1. The summed E-state index contributed by atoms with van der Waals surface area (Å²) in [4.78, 5) is 13.1. The van der Waals surface area contributed by atoms with Crippen molar-refractivity contribution in [1.29, 1.82) is 0 Å². The summed E-state index contributed by atoms with van der Waals surface area (Å²) in [7, 11) is 0. The van der Waals surface area contributed by atoms with Gasteiger partial charge in [-0.1, -0.05) is 31.0 Å². The Bertz CT molecular complexity index is 410. The second-order valence-electron chi connectivity index (χ2n) is 5.29. The van der Waals surface area contributed by atoms with Crippen molar-refractivity contribution in [3.8, 4) is 0 Å². The van der Waals surface area contributed by atoms with Crippen LogP contribution >= 0.6 is 11.8 Å². The van der Waals surface area contributed by atoms with Crippen molar-refractivity contribution in [3.63, 3.8) is 0 Å². The molecule has 2 N–H and O–H groups in total. The number of nitrogens with one attached hydrogen (secondary N) is 1. The predicted octanol–water partition coefficient (Wildman–Crippen LogP) is 2.98. The lowest BCUT2D eigenvalue weighted by Crippen LogP contribution is -2.45. The van der Waals surface area contributed by atoms with E-state index in [4.69, 9.17) is 0 Å². The first kappa shape index (κ1) is 15.4. The normalized spacial score (nSPS) is 22.4. The molecule has 110 valence electrons. The van der Waals surface area contributed by atoms with E-state index in [1.807, 2.05) is 18.2 Å². The molecule has 0 aliphatic heterocycles. The minimum absolute atomic E-state index is 0.0296. The Balaban J connectivity index is 1.60. The van der Waals surface area contributed by atoms with E-state index in [-0.39, 0.29) is 18.1 Å². The molecule has 4 heteroatoms. The lowest BCUT2D eigenvalue weighted by atomic mass is 9.92. The van der Waals surface area contributed by atoms with Crippen LogP contribution in [-0.2, 0) is 4.79 Å². The van der Waals surface area contributed by atoms with Gasteiger partial charge in [0, 0.05) is 11.3 Å². The van der Waals surface area contributed by atoms with E-state index in [2.05, 4.69) is 17.4 Å². The molecule has 1 aliphatic carbocycles. The van der Waals surface area contributed by atoms with Gasteiger partial charge in [0.05, 0.1) is 12.1 Å². The van der Waals surface area contributed by atoms with Crippen molar-refractivity contribution in [2.45, 2.75) is 55.6 Å². The molecule has 1 aromatic rings. The Hall–Kier alpha value is -1.00. The van der Waals surface area contributed by atoms with Gasteiger partial charge >= 0.3 is 0 Å². The van der Waals surface area contributed by atoms with Crippen LogP contribution in [0.3, 0.4) is 0 Å². The van der Waals surface area contributed by atoms with Gasteiger partial charge in [-0.15, -0.1) is 11.8 Å². The van der Waals surface area contributed by atoms with Gasteiger partial charge in [-0.3, -0.25) is 4.79 Å². The third-order valence-corrected chi connectivity index (χ3v) is 4.73. The van der Waals surface area contributed by atoms with Crippen LogP contribution in [0.5, 0.6) is 0 Å². The average Bonchev–Trinajstić information content (AvgIpc) is 2.47. The fourth-order valence-corrected chi connectivity index (χ4v) is 3.37. The van der Waals surface area contributed by atoms with Crippen molar-refractivity contribution in [3.05, 3.63) is 30.3 Å². The molecule has 1 aromatic carbocycles. The van der Waals surface area contributed by atoms with Gasteiger partial charge in [0.25, 0.3) is 0 Å². The SMILES string of the molecule is O=C(CCCSc1ccccc1)N[C@H]1CCCC[C@@H]1O. The van der Waals surface area contributed by atoms with E-state index in [1.54, 1.807) is 11.8 Å². The molecule has 1 amide bonds. The molecule has 0 unspecified atom stereocenters. The van der Waals surface area contributed by atoms with E-state index in [1.165, 1.54) is 4.90 Å². The molecule has 2 atom stereocenters. The summed E-state index contributed by atoms with van der Waals surface area (Å²) in [6, 6.07) is 10.2. The van der Waals surface area contributed by atoms with Crippen LogP contribution in [0.2, 0.25) is 0 Å². The monoisotopic (exact) mass is 293 g/mol. The molecular formula is C16H23NO2S. The van der Waals surface area contributed by atoms with E-state index >= 15 is 0 Å². The third-order valence-electron chi connectivity index (χ3n) is 3.64. The highest BCUT2D eigenvalue weighted by Crippen LogP contribution is 2.20. The third kappa shape index (κ3) is 5.17. The summed E-state index contributed by atoms with van der Waals surface area (Å²) < 4.78 is 0. The zero-order chi connectivity index (χ0) is 14.2. The first-order valence-electron chi connectivity index (χ1n) is 7.41. The van der Waals surface area contributed by atoms with E-state index in [9.17, 15) is 9.90 Å². The lowest BCUT2D eigenvalue weighted by Gasteiger charge is -2.28. The molecule has 0 aromatic heterocycles. The van der Waals surface area contributed by atoms with Gasteiger partial charge in [0.1, 0.15) is 0 Å². The van der Waals surface area contributed by atoms with Gasteiger partial charge < -0.3 is 10.4 Å². The van der Waals surface area contributed by atoms with Crippen molar-refractivity contribution in [2.75, 3.05) is 5.75 Å². The second-order valence-corrected chi connectivity index (χ2v) is 6.46. The van der Waals surface area contributed by atoms with Crippen LogP contribution in [0.25, 0.3) is 0 Å². The molecule has 20 heavy (non-hydrogen) atoms. The van der Waals surface area contributed by atoms with Gasteiger partial charge in [-0.25, -0.2) is 0 Å². The highest BCUT2D eigenvalue weighted by Gasteiger charge is 2.23. The highest BCUT2D eigenvalue weighted by molar-refractivity contribution is 7.99. The quantitative estimate of drug-likeness (QED) is 0.626. The molecule has 0 heterocycles. The van der Waals surface area contributed by atoms with Crippen LogP contribution < -0.4 is 5.32 Å². The van der Waals surface area contributed by atoms with Crippen LogP contribution in [0.1, 0.15) is 38.5 Å². The summed E-state index contributed by atoms with van der Waals surface area (Å²) in [5.41, 5.74) is 0. The Morgan fingerprint density at radius 1 is 1.25 bits per heavy atom. The first-order chi connectivity index (χ1) is 9.75. The van der Waals surface area contributed by atoms with Crippen LogP contribution in [0, 0.1) is 0 Å². The Morgan fingerprint density at radius 2 is 2.00 bits per heavy atom. The highest BCUT2D eigenvalue weighted by atomic mass is 32.2. The average molecular weight is 293 g/mol. The minimum Gasteiger partial charge on any atom is -0.391 e. The fourth-order valence-electron chi connectivity index (χ4n) is 2.50. The number of hydrogen-bond donors (Lipinski definition) is 2. The van der Waals surface area contributed by atoms with Gasteiger partial charge in [-0.05, 0) is 37.1 Å². The Kier molecular flexibility index (Phi) is 6.40. The molecule has 1 fully saturated rings. The maximum atomic E-state index is 11.8. The summed E-state index contributed by atoms with van der Waals surface area (Å²) in [6.45, 7) is 0. The summed E-state index contributed by atoms with van der Waals surface area (Å²) in [5.74, 6) is 1.02. The molecule has 0 saturated heterocycles. The summed E-state index contributed by atoms with van der Waals surface area (Å²) in [6.07, 6.45) is 4.96. The van der Waals surface area contributed by atoms with Crippen molar-refractivity contribution in [2.24, 2.45) is 0 Å². The van der Waals surface area contributed by atoms with Crippen LogP contribution in [0.4, 0.5) is 0 Å². The molecule has 2 rings (SSSR count). The van der Waals surface area contributed by atoms with Crippen molar-refractivity contribution >= 4 is 17.7 Å². The number of rotatable bonds is 6. The number of carbonyl (C=O) groups is 1. The topological polar surface area (TPSA) is 49.3 Å². The lowest BCUT2D eigenvalue weighted by molar-refractivity contribution is -0.123. The van der Waals surface area contributed by atoms with E-state index in [0.29, 0.717) is 6.42 Å². The number of hydrogen-bond acceptors (Lipinski definition) is 3. The maximum absolute atomic E-state index is 11.8. The molecule has 1 aliphatic rings. The number of amides is 1. The number of aliphatic hydroxyl groups is 1. The first-order valence-corrected chi connectivity index (χ1v) is 8.39. The summed E-state index contributed by atoms with van der Waals surface area (Å²) >= 11 is 1.78. The van der Waals surface area contributed by atoms with Gasteiger partial charge in [0.2, 0.25) is 5.91 Å². The van der Waals surface area contributed by atoms with Crippen LogP contribution in [0.15, 0.2) is 35.2 Å². The molecule has 0 bridgehead atoms. The Morgan fingerprint density at radius 3 is 2.75 bits per heavy atom. The maximum Gasteiger partial charge on any atom is 0.220 e. The predicted molar refractivity (Wildman–Crippen MR) is 82.8 cm³/mol. The number of aliphatic hydroxyl groups excluding tert-OH is 1. The molecule has 0 radical (unpaired) electrons. The zero-order valence-corrected chi connectivity index (χ0v) is 12.6. The number of thioether (sulfide) groups is 1. The molecular weight excluding hydrogens is 270 g/mol. The zero-order valence-electron chi connectivity index (χ0n) is 11.8. The Labute approximate surface area is 125 Å². The smallest absolute Gasteiger partial charge is 0.220 e. The minimum atomic E-state index is -0.355. The number of carbonyl (C=O) groups excluding carboxylic acids is 1. The summed E-state index contributed by atoms with van der Waals surface area (Å²) in [5, 5.41) is 12.8. The standard InChI is InChI=1S/C16H23NO2S/c18-15-10-5-4-9-14(15)17-16(19)11-6-12-20-13-7-2-1-3-8-13/h1-3,7-8,14-15,18H,4-6,9-12H2,(H,17,19)/t14-,15-/m0/s1. The van der Waals surface area contributed by atoms with Gasteiger partial charge in [-0.2, -0.15) is 0 Å². The van der Waals surface area contributed by atoms with Crippen molar-refractivity contribution < 1.29 is 9.90 Å². The van der Waals surface area contributed by atoms with Crippen LogP contribution in [-0.4, -0.2) is 28.9 Å².